The molecule has 0 amide bonds. The molecule has 0 aromatic heterocycles. The van der Waals surface area contributed by atoms with E-state index in [0.29, 0.717) is 0 Å². The van der Waals surface area contributed by atoms with Crippen LogP contribution in [-0.2, 0) is 14.4 Å². The van der Waals surface area contributed by atoms with Crippen LogP contribution in [0, 0.1) is 0 Å². The van der Waals surface area contributed by atoms with Crippen LogP contribution in [0.3, 0.4) is 0 Å². The minimum absolute atomic E-state index is 0. The molecule has 0 aromatic carbocycles. The van der Waals surface area contributed by atoms with Crippen LogP contribution in [-0.4, -0.2) is 77.6 Å². The Bertz CT molecular complexity index is 192. The van der Waals surface area contributed by atoms with E-state index in [-0.39, 0.29) is 19.8 Å². The Hall–Kier alpha value is -0.994. The molecule has 0 saturated heterocycles. The van der Waals surface area contributed by atoms with Crippen LogP contribution in [0.15, 0.2) is 0 Å². The Morgan fingerprint density at radius 3 is 1.14 bits per heavy atom. The summed E-state index contributed by atoms with van der Waals surface area (Å²) in [5, 5.41) is 24.8. The van der Waals surface area contributed by atoms with Gasteiger partial charge in [-0.25, -0.2) is 0 Å². The Morgan fingerprint density at radius 2 is 1.00 bits per heavy atom. The number of rotatable bonds is 6. The molecule has 0 radical (unpaired) electrons. The fourth-order valence-electron chi connectivity index (χ4n) is 0.742. The van der Waals surface area contributed by atoms with Crippen molar-refractivity contribution in [3.63, 3.8) is 0 Å². The molecule has 0 aliphatic rings. The predicted molar refractivity (Wildman–Crippen MR) is 49.3 cm³/mol. The molecular weight excluding hydrogens is 252 g/mol. The van der Waals surface area contributed by atoms with Gasteiger partial charge in [-0.05, 0) is 0 Å². The van der Waals surface area contributed by atoms with Crippen LogP contribution in [0.25, 0.3) is 0 Å². The van der Waals surface area contributed by atoms with Gasteiger partial charge in [0.05, 0.1) is 19.6 Å². The van der Waals surface area contributed by atoms with Crippen LogP contribution < -0.4 is 0 Å². The topological polar surface area (TPSA) is 115 Å². The molecule has 0 unspecified atom stereocenters. The third-order valence-electron chi connectivity index (χ3n) is 1.08. The first-order valence-corrected chi connectivity index (χ1v) is 3.29. The van der Waals surface area contributed by atoms with E-state index >= 15 is 0 Å². The summed E-state index contributed by atoms with van der Waals surface area (Å²) in [7, 11) is 0. The maximum absolute atomic E-state index is 10.1. The second kappa shape index (κ2) is 7.41. The molecule has 0 spiro atoms. The van der Waals surface area contributed by atoms with E-state index in [4.69, 9.17) is 15.3 Å². The molecule has 0 saturated carbocycles. The van der Waals surface area contributed by atoms with Gasteiger partial charge >= 0.3 is 37.7 Å². The number of carboxylic acids is 3. The summed E-state index contributed by atoms with van der Waals surface area (Å²) >= 11 is 0. The number of carboxylic acid groups (broad SMARTS) is 3. The Kier molecular flexibility index (Phi) is 8.20. The van der Waals surface area contributed by atoms with Crippen LogP contribution in [0.1, 0.15) is 0 Å². The summed E-state index contributed by atoms with van der Waals surface area (Å²) in [6, 6.07) is 0. The summed E-state index contributed by atoms with van der Waals surface area (Å²) in [4.78, 5) is 31.2. The minimum atomic E-state index is -1.26. The average Bonchev–Trinajstić information content (AvgIpc) is 1.80. The molecule has 80 valence electrons. The number of carbonyl (C=O) groups is 3. The first-order chi connectivity index (χ1) is 5.91. The molecule has 0 aromatic rings. The van der Waals surface area contributed by atoms with Crippen molar-refractivity contribution in [2.24, 2.45) is 0 Å². The van der Waals surface area contributed by atoms with Gasteiger partial charge in [0.25, 0.3) is 0 Å². The van der Waals surface area contributed by atoms with Crippen LogP contribution in [0.5, 0.6) is 0 Å². The first kappa shape index (κ1) is 15.5. The van der Waals surface area contributed by atoms with Crippen molar-refractivity contribution in [3.05, 3.63) is 0 Å². The van der Waals surface area contributed by atoms with E-state index in [1.165, 1.54) is 0 Å². The molecule has 0 rings (SSSR count). The van der Waals surface area contributed by atoms with Crippen molar-refractivity contribution >= 4 is 37.7 Å². The van der Waals surface area contributed by atoms with E-state index in [9.17, 15) is 14.4 Å². The number of nitrogens with zero attached hydrogens (tertiary/aromatic N) is 1. The third-order valence-corrected chi connectivity index (χ3v) is 1.08. The molecule has 7 nitrogen and oxygen atoms in total. The van der Waals surface area contributed by atoms with E-state index < -0.39 is 37.5 Å². The van der Waals surface area contributed by atoms with Gasteiger partial charge in [-0.1, -0.05) is 0 Å². The second-order valence-electron chi connectivity index (χ2n) is 2.33. The number of aliphatic carboxylic acids is 3. The van der Waals surface area contributed by atoms with Crippen molar-refractivity contribution in [2.75, 3.05) is 19.6 Å². The standard InChI is InChI=1S/C6H9NO6.Ga.3H/c8-4(9)1-7(2-5(10)11)3-6(12)13;;;;/h1-3H2,(H,8,9)(H,10,11)(H,12,13);;;;. The zero-order valence-corrected chi connectivity index (χ0v) is 6.63. The van der Waals surface area contributed by atoms with Crippen LogP contribution >= 0.6 is 0 Å². The Morgan fingerprint density at radius 1 is 0.786 bits per heavy atom. The van der Waals surface area contributed by atoms with Crippen molar-refractivity contribution < 1.29 is 29.7 Å². The van der Waals surface area contributed by atoms with Gasteiger partial charge in [-0.15, -0.1) is 0 Å². The third kappa shape index (κ3) is 9.10. The molecule has 0 aliphatic heterocycles. The zero-order chi connectivity index (χ0) is 10.4. The quantitative estimate of drug-likeness (QED) is 0.449. The Balaban J connectivity index is 0. The molecular formula is C6H12GaNO6. The zero-order valence-electron chi connectivity index (χ0n) is 6.63. The summed E-state index contributed by atoms with van der Waals surface area (Å²) < 4.78 is 0. The summed E-state index contributed by atoms with van der Waals surface area (Å²) in [5.74, 6) is -3.78. The molecule has 0 heterocycles. The number of hydrogen-bond donors (Lipinski definition) is 3. The maximum atomic E-state index is 10.1. The molecule has 14 heavy (non-hydrogen) atoms. The first-order valence-electron chi connectivity index (χ1n) is 3.29. The summed E-state index contributed by atoms with van der Waals surface area (Å²) in [6.07, 6.45) is 0. The molecule has 0 aliphatic carbocycles. The van der Waals surface area contributed by atoms with Gasteiger partial charge in [-0.2, -0.15) is 0 Å². The molecule has 0 atom stereocenters. The van der Waals surface area contributed by atoms with Crippen molar-refractivity contribution in [1.82, 2.24) is 4.90 Å². The van der Waals surface area contributed by atoms with Crippen LogP contribution in [0.4, 0.5) is 0 Å². The normalized spacial score (nSPS) is 9.21. The van der Waals surface area contributed by atoms with Gasteiger partial charge in [0.1, 0.15) is 0 Å². The molecule has 3 N–H and O–H groups in total. The average molecular weight is 264 g/mol. The monoisotopic (exact) mass is 263 g/mol. The molecule has 0 bridgehead atoms. The predicted octanol–water partition coefficient (Wildman–Crippen LogP) is -2.64. The van der Waals surface area contributed by atoms with Crippen LogP contribution in [0.2, 0.25) is 0 Å². The van der Waals surface area contributed by atoms with Gasteiger partial charge in [0.15, 0.2) is 0 Å². The van der Waals surface area contributed by atoms with Gasteiger partial charge < -0.3 is 15.3 Å². The Labute approximate surface area is 92.4 Å². The van der Waals surface area contributed by atoms with Gasteiger partial charge in [-0.3, -0.25) is 19.3 Å². The summed E-state index contributed by atoms with van der Waals surface area (Å²) in [6.45, 7) is -1.80. The van der Waals surface area contributed by atoms with E-state index in [2.05, 4.69) is 0 Å². The van der Waals surface area contributed by atoms with E-state index in [1.54, 1.807) is 0 Å². The molecule has 0 fully saturated rings. The van der Waals surface area contributed by atoms with Gasteiger partial charge in [0.2, 0.25) is 0 Å². The second-order valence-corrected chi connectivity index (χ2v) is 2.33. The molecule has 8 heteroatoms. The number of hydrogen-bond acceptors (Lipinski definition) is 4. The van der Waals surface area contributed by atoms with Crippen molar-refractivity contribution in [1.29, 1.82) is 0 Å². The van der Waals surface area contributed by atoms with E-state index in [0.717, 1.165) is 4.90 Å². The summed E-state index contributed by atoms with van der Waals surface area (Å²) in [5.41, 5.74) is 0. The van der Waals surface area contributed by atoms with Crippen molar-refractivity contribution in [2.45, 2.75) is 0 Å². The fourth-order valence-corrected chi connectivity index (χ4v) is 0.742. The fraction of sp³-hybridized carbons (Fsp3) is 0.500. The van der Waals surface area contributed by atoms with Crippen molar-refractivity contribution in [3.8, 4) is 0 Å². The SMILES string of the molecule is O=C(O)CN(CC(=O)O)CC(=O)O.[GaH3]. The van der Waals surface area contributed by atoms with E-state index in [1.807, 2.05) is 0 Å². The van der Waals surface area contributed by atoms with Gasteiger partial charge in [0, 0.05) is 0 Å².